The van der Waals surface area contributed by atoms with E-state index in [0.29, 0.717) is 30.5 Å². The Morgan fingerprint density at radius 2 is 2.21 bits per heavy atom. The molecule has 0 aromatic heterocycles. The third kappa shape index (κ3) is 1.65. The van der Waals surface area contributed by atoms with Gasteiger partial charge < -0.3 is 10.2 Å². The molecule has 0 aliphatic carbocycles. The molecule has 14 heavy (non-hydrogen) atoms. The van der Waals surface area contributed by atoms with Crippen LogP contribution in [0.2, 0.25) is 0 Å². The summed E-state index contributed by atoms with van der Waals surface area (Å²) < 4.78 is 0. The number of hydrogen-bond acceptors (Lipinski definition) is 2. The number of nitrogens with one attached hydrogen (secondary N) is 1. The quantitative estimate of drug-likeness (QED) is 0.678. The molecule has 0 aromatic rings. The van der Waals surface area contributed by atoms with E-state index in [1.54, 1.807) is 0 Å². The maximum absolute atomic E-state index is 11.7. The summed E-state index contributed by atoms with van der Waals surface area (Å²) in [4.78, 5) is 13.8. The van der Waals surface area contributed by atoms with Crippen LogP contribution in [0.25, 0.3) is 0 Å². The lowest BCUT2D eigenvalue weighted by molar-refractivity contribution is -0.138. The van der Waals surface area contributed by atoms with Gasteiger partial charge in [-0.1, -0.05) is 13.8 Å². The Hall–Kier alpha value is -0.570. The maximum atomic E-state index is 11.7. The van der Waals surface area contributed by atoms with Crippen molar-refractivity contribution >= 4 is 5.91 Å². The van der Waals surface area contributed by atoms with Crippen molar-refractivity contribution < 1.29 is 4.79 Å². The van der Waals surface area contributed by atoms with Crippen LogP contribution in [0.4, 0.5) is 0 Å². The Kier molecular flexibility index (Phi) is 2.77. The molecule has 1 N–H and O–H groups in total. The Morgan fingerprint density at radius 3 is 2.93 bits per heavy atom. The first kappa shape index (κ1) is 9.97. The van der Waals surface area contributed by atoms with E-state index in [-0.39, 0.29) is 0 Å². The van der Waals surface area contributed by atoms with E-state index in [4.69, 9.17) is 0 Å². The molecule has 0 bridgehead atoms. The number of piperidine rings is 1. The van der Waals surface area contributed by atoms with Crippen molar-refractivity contribution in [2.45, 2.75) is 45.2 Å². The highest BCUT2D eigenvalue weighted by molar-refractivity contribution is 5.79. The predicted octanol–water partition coefficient (Wildman–Crippen LogP) is 0.995. The van der Waals surface area contributed by atoms with Crippen LogP contribution in [0.5, 0.6) is 0 Å². The Morgan fingerprint density at radius 1 is 1.43 bits per heavy atom. The van der Waals surface area contributed by atoms with Crippen LogP contribution < -0.4 is 5.32 Å². The van der Waals surface area contributed by atoms with Crippen molar-refractivity contribution in [2.75, 3.05) is 13.1 Å². The zero-order valence-corrected chi connectivity index (χ0v) is 9.12. The van der Waals surface area contributed by atoms with Gasteiger partial charge in [0, 0.05) is 18.6 Å². The van der Waals surface area contributed by atoms with Gasteiger partial charge in [0.05, 0.1) is 6.54 Å². The van der Waals surface area contributed by atoms with Crippen LogP contribution in [0.15, 0.2) is 0 Å². The average molecular weight is 196 g/mol. The van der Waals surface area contributed by atoms with E-state index >= 15 is 0 Å². The molecule has 2 rings (SSSR count). The van der Waals surface area contributed by atoms with Gasteiger partial charge in [-0.2, -0.15) is 0 Å². The fraction of sp³-hybridized carbons (Fsp3) is 0.909. The topological polar surface area (TPSA) is 32.3 Å². The molecule has 2 atom stereocenters. The van der Waals surface area contributed by atoms with Crippen molar-refractivity contribution in [3.8, 4) is 0 Å². The fourth-order valence-corrected chi connectivity index (χ4v) is 2.76. The number of fused-ring (bicyclic) bond motifs is 1. The minimum atomic E-state index is 0.298. The van der Waals surface area contributed by atoms with Crippen molar-refractivity contribution in [3.63, 3.8) is 0 Å². The molecular weight excluding hydrogens is 176 g/mol. The maximum Gasteiger partial charge on any atom is 0.236 e. The predicted molar refractivity (Wildman–Crippen MR) is 56.0 cm³/mol. The van der Waals surface area contributed by atoms with Crippen LogP contribution in [0, 0.1) is 5.92 Å². The molecular formula is C11H20N2O. The highest BCUT2D eigenvalue weighted by Gasteiger charge is 2.37. The van der Waals surface area contributed by atoms with Crippen LogP contribution >= 0.6 is 0 Å². The molecule has 0 spiro atoms. The van der Waals surface area contributed by atoms with Gasteiger partial charge in [0.1, 0.15) is 0 Å². The lowest BCUT2D eigenvalue weighted by Crippen LogP contribution is -2.63. The summed E-state index contributed by atoms with van der Waals surface area (Å²) in [6, 6.07) is 0.970. The molecule has 80 valence electrons. The number of piperazine rings is 1. The van der Waals surface area contributed by atoms with Crippen molar-refractivity contribution in [1.29, 1.82) is 0 Å². The first-order chi connectivity index (χ1) is 6.70. The van der Waals surface area contributed by atoms with Gasteiger partial charge in [0.25, 0.3) is 0 Å². The summed E-state index contributed by atoms with van der Waals surface area (Å²) in [5.74, 6) is 0.917. The van der Waals surface area contributed by atoms with Crippen molar-refractivity contribution in [2.24, 2.45) is 5.92 Å². The smallest absolute Gasteiger partial charge is 0.236 e. The van der Waals surface area contributed by atoms with Crippen LogP contribution in [-0.4, -0.2) is 36.0 Å². The summed E-state index contributed by atoms with van der Waals surface area (Å²) in [7, 11) is 0. The van der Waals surface area contributed by atoms with Gasteiger partial charge in [0.15, 0.2) is 0 Å². The second kappa shape index (κ2) is 3.89. The van der Waals surface area contributed by atoms with Gasteiger partial charge in [-0.15, -0.1) is 0 Å². The molecule has 2 fully saturated rings. The van der Waals surface area contributed by atoms with Crippen LogP contribution in [0.1, 0.15) is 33.1 Å². The first-order valence-corrected chi connectivity index (χ1v) is 5.73. The Balaban J connectivity index is 2.12. The molecule has 2 unspecified atom stereocenters. The number of carbonyl (C=O) groups excluding carboxylic acids is 1. The van der Waals surface area contributed by atoms with E-state index in [1.807, 2.05) is 0 Å². The summed E-state index contributed by atoms with van der Waals surface area (Å²) in [5.41, 5.74) is 0. The van der Waals surface area contributed by atoms with Gasteiger partial charge in [-0.3, -0.25) is 4.79 Å². The van der Waals surface area contributed by atoms with E-state index < -0.39 is 0 Å². The summed E-state index contributed by atoms with van der Waals surface area (Å²) in [6.45, 7) is 5.99. The van der Waals surface area contributed by atoms with Crippen LogP contribution in [-0.2, 0) is 4.79 Å². The number of carbonyl (C=O) groups is 1. The third-order valence-electron chi connectivity index (χ3n) is 3.49. The number of rotatable bonds is 1. The lowest BCUT2D eigenvalue weighted by Gasteiger charge is -2.46. The second-order valence-corrected chi connectivity index (χ2v) is 4.80. The fourth-order valence-electron chi connectivity index (χ4n) is 2.76. The molecule has 2 saturated heterocycles. The lowest BCUT2D eigenvalue weighted by atomic mass is 9.87. The molecule has 2 aliphatic heterocycles. The highest BCUT2D eigenvalue weighted by Crippen LogP contribution is 2.25. The monoisotopic (exact) mass is 196 g/mol. The van der Waals surface area contributed by atoms with E-state index in [0.717, 1.165) is 6.54 Å². The second-order valence-electron chi connectivity index (χ2n) is 4.80. The Bertz CT molecular complexity index is 227. The van der Waals surface area contributed by atoms with E-state index in [2.05, 4.69) is 24.1 Å². The zero-order chi connectivity index (χ0) is 10.1. The first-order valence-electron chi connectivity index (χ1n) is 5.73. The number of amides is 1. The van der Waals surface area contributed by atoms with Crippen LogP contribution in [0.3, 0.4) is 0 Å². The van der Waals surface area contributed by atoms with Crippen molar-refractivity contribution in [1.82, 2.24) is 10.2 Å². The molecule has 3 heteroatoms. The molecule has 3 nitrogen and oxygen atoms in total. The third-order valence-corrected chi connectivity index (χ3v) is 3.49. The Labute approximate surface area is 85.8 Å². The van der Waals surface area contributed by atoms with E-state index in [1.165, 1.54) is 19.3 Å². The number of hydrogen-bond donors (Lipinski definition) is 1. The van der Waals surface area contributed by atoms with E-state index in [9.17, 15) is 4.79 Å². The molecule has 0 radical (unpaired) electrons. The average Bonchev–Trinajstić information content (AvgIpc) is 2.18. The minimum Gasteiger partial charge on any atom is -0.337 e. The molecule has 2 aliphatic rings. The summed E-state index contributed by atoms with van der Waals surface area (Å²) in [5, 5.41) is 3.38. The van der Waals surface area contributed by atoms with Gasteiger partial charge >= 0.3 is 0 Å². The summed E-state index contributed by atoms with van der Waals surface area (Å²) >= 11 is 0. The minimum absolute atomic E-state index is 0.298. The largest absolute Gasteiger partial charge is 0.337 e. The normalized spacial score (nSPS) is 33.4. The molecule has 0 saturated carbocycles. The number of nitrogens with zero attached hydrogens (tertiary/aromatic N) is 1. The van der Waals surface area contributed by atoms with Gasteiger partial charge in [0.2, 0.25) is 5.91 Å². The molecule has 1 amide bonds. The molecule has 2 heterocycles. The SMILES string of the molecule is CC(C)C1NCC(=O)N2CCCCC12. The standard InChI is InChI=1S/C11H20N2O/c1-8(2)11-9-5-3-4-6-13(9)10(14)7-12-11/h8-9,11-12H,3-7H2,1-2H3. The van der Waals surface area contributed by atoms with Crippen molar-refractivity contribution in [3.05, 3.63) is 0 Å². The summed E-state index contributed by atoms with van der Waals surface area (Å²) in [6.07, 6.45) is 3.65. The highest BCUT2D eigenvalue weighted by atomic mass is 16.2. The zero-order valence-electron chi connectivity index (χ0n) is 9.12. The van der Waals surface area contributed by atoms with Gasteiger partial charge in [-0.25, -0.2) is 0 Å². The van der Waals surface area contributed by atoms with Gasteiger partial charge in [-0.05, 0) is 25.2 Å². The molecule has 0 aromatic carbocycles.